The molecule has 1 saturated carbocycles. The highest BCUT2D eigenvalue weighted by molar-refractivity contribution is 6.40. The molecule has 1 aliphatic carbocycles. The van der Waals surface area contributed by atoms with Crippen molar-refractivity contribution >= 4 is 91.7 Å². The normalized spacial score (nSPS) is 12.5. The molecule has 0 atom stereocenters. The molecule has 56 heavy (non-hydrogen) atoms. The van der Waals surface area contributed by atoms with Crippen LogP contribution in [0.2, 0.25) is 20.1 Å². The number of rotatable bonds is 12. The minimum absolute atomic E-state index is 0.273. The quantitative estimate of drug-likeness (QED) is 0.0929. The Morgan fingerprint density at radius 1 is 0.821 bits per heavy atom. The number of carbonyl (C=O) groups is 1. The SMILES string of the molecule is C=C(Nc1c(Cl)cncc1Cl)c1ccc2c(CC)nn(C3CCCCC3)c2c1.CCC.CCCNc1cc(C(=O)Nc2c(Cl)cncc2Cl)ccc1C(=N)CC. The fourth-order valence-corrected chi connectivity index (χ4v) is 7.19. The fraction of sp³-hybridized carbons (Fsp3) is 0.372. The third-order valence-corrected chi connectivity index (χ3v) is 10.3. The van der Waals surface area contributed by atoms with Gasteiger partial charge in [-0.2, -0.15) is 5.10 Å². The number of benzene rings is 2. The number of pyridine rings is 2. The summed E-state index contributed by atoms with van der Waals surface area (Å²) in [5.74, 6) is -0.330. The van der Waals surface area contributed by atoms with Gasteiger partial charge in [-0.3, -0.25) is 19.4 Å². The van der Waals surface area contributed by atoms with Crippen molar-refractivity contribution in [3.8, 4) is 0 Å². The van der Waals surface area contributed by atoms with Crippen LogP contribution in [0.25, 0.3) is 16.6 Å². The second kappa shape index (κ2) is 22.0. The van der Waals surface area contributed by atoms with Crippen LogP contribution >= 0.6 is 46.4 Å². The van der Waals surface area contributed by atoms with Crippen molar-refractivity contribution in [1.82, 2.24) is 19.7 Å². The van der Waals surface area contributed by atoms with Gasteiger partial charge in [0.25, 0.3) is 5.91 Å². The third kappa shape index (κ3) is 11.5. The molecule has 4 N–H and O–H groups in total. The fourth-order valence-electron chi connectivity index (χ4n) is 6.27. The van der Waals surface area contributed by atoms with E-state index in [0.29, 0.717) is 45.2 Å². The first-order valence-corrected chi connectivity index (χ1v) is 20.8. The summed E-state index contributed by atoms with van der Waals surface area (Å²) in [6.07, 6.45) is 16.0. The molecule has 0 spiro atoms. The predicted octanol–water partition coefficient (Wildman–Crippen LogP) is 13.5. The number of amides is 1. The van der Waals surface area contributed by atoms with E-state index in [-0.39, 0.29) is 16.0 Å². The molecule has 0 radical (unpaired) electrons. The molecule has 2 aromatic carbocycles. The largest absolute Gasteiger partial charge is 0.384 e. The van der Waals surface area contributed by atoms with Gasteiger partial charge in [-0.05, 0) is 55.9 Å². The van der Waals surface area contributed by atoms with Crippen LogP contribution in [0, 0.1) is 5.41 Å². The molecule has 3 heterocycles. The number of halogens is 4. The van der Waals surface area contributed by atoms with Crippen LogP contribution < -0.4 is 16.0 Å². The Morgan fingerprint density at radius 2 is 1.39 bits per heavy atom. The number of nitrogens with one attached hydrogen (secondary N) is 4. The van der Waals surface area contributed by atoms with E-state index in [0.717, 1.165) is 47.6 Å². The molecule has 3 aromatic heterocycles. The molecule has 1 fully saturated rings. The Labute approximate surface area is 351 Å². The molecule has 0 unspecified atom stereocenters. The van der Waals surface area contributed by atoms with Gasteiger partial charge in [0.15, 0.2) is 0 Å². The Hall–Kier alpha value is -4.15. The van der Waals surface area contributed by atoms with Gasteiger partial charge < -0.3 is 21.4 Å². The molecule has 1 amide bonds. The van der Waals surface area contributed by atoms with E-state index in [9.17, 15) is 4.79 Å². The molecule has 0 saturated heterocycles. The molecule has 0 bridgehead atoms. The molecule has 13 heteroatoms. The zero-order valence-electron chi connectivity index (χ0n) is 32.8. The maximum Gasteiger partial charge on any atom is 0.255 e. The number of nitrogens with zero attached hydrogens (tertiary/aromatic N) is 4. The number of aromatic nitrogens is 4. The highest BCUT2D eigenvalue weighted by Gasteiger charge is 2.21. The van der Waals surface area contributed by atoms with E-state index in [1.165, 1.54) is 61.8 Å². The molecule has 9 nitrogen and oxygen atoms in total. The Kier molecular flexibility index (Phi) is 17.5. The number of hydrogen-bond acceptors (Lipinski definition) is 7. The second-order valence-corrected chi connectivity index (χ2v) is 15.1. The Bertz CT molecular complexity index is 2090. The third-order valence-electron chi connectivity index (χ3n) is 9.13. The maximum atomic E-state index is 12.6. The summed E-state index contributed by atoms with van der Waals surface area (Å²) in [6, 6.07) is 12.1. The maximum absolute atomic E-state index is 12.6. The van der Waals surface area contributed by atoms with Crippen molar-refractivity contribution in [3.05, 3.63) is 110 Å². The molecule has 1 aliphatic rings. The topological polar surface area (TPSA) is 121 Å². The van der Waals surface area contributed by atoms with Gasteiger partial charge in [-0.1, -0.05) is 131 Å². The van der Waals surface area contributed by atoms with Gasteiger partial charge in [-0.25, -0.2) is 0 Å². The van der Waals surface area contributed by atoms with Crippen LogP contribution in [0.4, 0.5) is 17.1 Å². The van der Waals surface area contributed by atoms with E-state index < -0.39 is 0 Å². The monoisotopic (exact) mass is 836 g/mol. The van der Waals surface area contributed by atoms with Crippen LogP contribution in [0.1, 0.15) is 119 Å². The van der Waals surface area contributed by atoms with E-state index in [1.807, 2.05) is 6.92 Å². The summed E-state index contributed by atoms with van der Waals surface area (Å²) in [6.45, 7) is 15.4. The number of aryl methyl sites for hydroxylation is 1. The van der Waals surface area contributed by atoms with E-state index in [4.69, 9.17) is 56.9 Å². The summed E-state index contributed by atoms with van der Waals surface area (Å²) in [5, 5.41) is 25.0. The number of carbonyl (C=O) groups excluding carboxylic acids is 1. The zero-order valence-corrected chi connectivity index (χ0v) is 35.9. The Morgan fingerprint density at radius 3 is 1.95 bits per heavy atom. The predicted molar refractivity (Wildman–Crippen MR) is 239 cm³/mol. The standard InChI is InChI=1S/C22H24Cl2N4.C18H20Cl2N4O.C3H8/c1-3-20-17-10-9-15(14(2)26-22-18(23)12-25-13-19(22)24)11-21(17)28(27-20)16-7-5-4-6-8-16;1-3-7-23-16-8-11(5-6-12(16)15(21)4-2)18(25)24-17-13(19)9-22-10-14(17)20;1-3-2/h9-13,16H,2-8H2,1H3,(H,25,26);5-6,8-10,21,23H,3-4,7H2,1-2H3,(H,22,24,25);3H2,1-2H3. The van der Waals surface area contributed by atoms with Crippen LogP contribution in [-0.4, -0.2) is 37.9 Å². The molecule has 6 rings (SSSR count). The molecule has 298 valence electrons. The van der Waals surface area contributed by atoms with Crippen molar-refractivity contribution in [2.24, 2.45) is 0 Å². The van der Waals surface area contributed by atoms with Gasteiger partial charge in [0, 0.05) is 64.9 Å². The van der Waals surface area contributed by atoms with Gasteiger partial charge >= 0.3 is 0 Å². The summed E-state index contributed by atoms with van der Waals surface area (Å²) < 4.78 is 2.25. The van der Waals surface area contributed by atoms with Gasteiger partial charge in [-0.15, -0.1) is 0 Å². The first-order chi connectivity index (χ1) is 27.0. The summed E-state index contributed by atoms with van der Waals surface area (Å²) in [7, 11) is 0. The molecule has 0 aliphatic heterocycles. The lowest BCUT2D eigenvalue weighted by Gasteiger charge is -2.23. The number of anilines is 3. The minimum atomic E-state index is -0.330. The van der Waals surface area contributed by atoms with Crippen molar-refractivity contribution in [2.45, 2.75) is 98.4 Å². The van der Waals surface area contributed by atoms with E-state index >= 15 is 0 Å². The summed E-state index contributed by atoms with van der Waals surface area (Å²) in [4.78, 5) is 20.4. The smallest absolute Gasteiger partial charge is 0.255 e. The zero-order chi connectivity index (χ0) is 40.8. The molecular weight excluding hydrogens is 786 g/mol. The highest BCUT2D eigenvalue weighted by Crippen LogP contribution is 2.35. The lowest BCUT2D eigenvalue weighted by atomic mass is 9.95. The first-order valence-electron chi connectivity index (χ1n) is 19.3. The first kappa shape index (κ1) is 44.6. The van der Waals surface area contributed by atoms with Crippen LogP contribution in [0.5, 0.6) is 0 Å². The van der Waals surface area contributed by atoms with Crippen molar-refractivity contribution < 1.29 is 4.79 Å². The Balaban J connectivity index is 0.000000234. The second-order valence-electron chi connectivity index (χ2n) is 13.5. The minimum Gasteiger partial charge on any atom is -0.384 e. The van der Waals surface area contributed by atoms with Crippen molar-refractivity contribution in [2.75, 3.05) is 22.5 Å². The van der Waals surface area contributed by atoms with Crippen LogP contribution in [0.15, 0.2) is 67.8 Å². The average molecular weight is 839 g/mol. The summed E-state index contributed by atoms with van der Waals surface area (Å²) >= 11 is 24.6. The molecule has 5 aromatic rings. The van der Waals surface area contributed by atoms with Crippen LogP contribution in [-0.2, 0) is 6.42 Å². The van der Waals surface area contributed by atoms with Crippen LogP contribution in [0.3, 0.4) is 0 Å². The van der Waals surface area contributed by atoms with Crippen molar-refractivity contribution in [3.63, 3.8) is 0 Å². The lowest BCUT2D eigenvalue weighted by Crippen LogP contribution is -2.15. The van der Waals surface area contributed by atoms with E-state index in [2.05, 4.69) is 83.1 Å². The average Bonchev–Trinajstić information content (AvgIpc) is 3.58. The van der Waals surface area contributed by atoms with Gasteiger partial charge in [0.05, 0.1) is 48.7 Å². The lowest BCUT2D eigenvalue weighted by molar-refractivity contribution is 0.102. The van der Waals surface area contributed by atoms with Gasteiger partial charge in [0.1, 0.15) is 0 Å². The number of hydrogen-bond donors (Lipinski definition) is 4. The van der Waals surface area contributed by atoms with Crippen molar-refractivity contribution in [1.29, 1.82) is 5.41 Å². The van der Waals surface area contributed by atoms with Gasteiger partial charge in [0.2, 0.25) is 0 Å². The summed E-state index contributed by atoms with van der Waals surface area (Å²) in [5.41, 5.74) is 7.57. The number of fused-ring (bicyclic) bond motifs is 1. The van der Waals surface area contributed by atoms with E-state index in [1.54, 1.807) is 30.6 Å². The molecular formula is C43H52Cl4N8O. The highest BCUT2D eigenvalue weighted by atomic mass is 35.5.